The molecule has 0 aliphatic carbocycles. The first-order chi connectivity index (χ1) is 9.69. The van der Waals surface area contributed by atoms with Crippen LogP contribution in [0.25, 0.3) is 0 Å². The fraction of sp³-hybridized carbons (Fsp3) is 0.833. The first kappa shape index (κ1) is 17.7. The number of piperazine rings is 1. The first-order valence-electron chi connectivity index (χ1n) is 6.93. The Labute approximate surface area is 126 Å². The molecule has 0 saturated carbocycles. The molecular formula is C12H24N4O4S. The van der Waals surface area contributed by atoms with E-state index < -0.39 is 16.1 Å². The van der Waals surface area contributed by atoms with Crippen LogP contribution in [0.4, 0.5) is 4.79 Å². The lowest BCUT2D eigenvalue weighted by Crippen LogP contribution is -2.56. The average Bonchev–Trinajstić information content (AvgIpc) is 2.46. The Bertz CT molecular complexity index is 483. The van der Waals surface area contributed by atoms with Crippen molar-refractivity contribution in [2.75, 3.05) is 46.0 Å². The number of nitrogens with zero attached hydrogens (tertiary/aromatic N) is 3. The zero-order valence-corrected chi connectivity index (χ0v) is 13.8. The maximum absolute atomic E-state index is 12.0. The predicted octanol–water partition coefficient (Wildman–Crippen LogP) is -0.860. The molecular weight excluding hydrogens is 296 g/mol. The zero-order chi connectivity index (χ0) is 16.2. The molecule has 1 fully saturated rings. The van der Waals surface area contributed by atoms with E-state index in [2.05, 4.69) is 5.32 Å². The summed E-state index contributed by atoms with van der Waals surface area (Å²) in [7, 11) is 0.0448. The summed E-state index contributed by atoms with van der Waals surface area (Å²) in [5, 5.41) is 2.63. The number of carbonyl (C=O) groups is 2. The van der Waals surface area contributed by atoms with Crippen LogP contribution >= 0.6 is 0 Å². The van der Waals surface area contributed by atoms with Crippen LogP contribution in [0.5, 0.6) is 0 Å². The minimum absolute atomic E-state index is 0.0631. The largest absolute Gasteiger partial charge is 0.347 e. The van der Waals surface area contributed by atoms with Crippen molar-refractivity contribution in [1.29, 1.82) is 0 Å². The number of carbonyl (C=O) groups excluding carboxylic acids is 2. The van der Waals surface area contributed by atoms with Crippen molar-refractivity contribution in [1.82, 2.24) is 19.4 Å². The topological polar surface area (TPSA) is 90.0 Å². The highest BCUT2D eigenvalue weighted by molar-refractivity contribution is 7.89. The van der Waals surface area contributed by atoms with E-state index >= 15 is 0 Å². The molecule has 1 aliphatic heterocycles. The normalized spacial score (nSPS) is 18.2. The van der Waals surface area contributed by atoms with E-state index in [1.165, 1.54) is 14.1 Å². The molecule has 8 nitrogen and oxygen atoms in total. The summed E-state index contributed by atoms with van der Waals surface area (Å²) < 4.78 is 24.9. The third-order valence-corrected chi connectivity index (χ3v) is 5.32. The summed E-state index contributed by atoms with van der Waals surface area (Å²) in [6.07, 6.45) is 0. The summed E-state index contributed by atoms with van der Waals surface area (Å²) in [4.78, 5) is 26.7. The van der Waals surface area contributed by atoms with E-state index in [9.17, 15) is 18.0 Å². The van der Waals surface area contributed by atoms with Crippen LogP contribution in [0, 0.1) is 0 Å². The van der Waals surface area contributed by atoms with Crippen LogP contribution in [0.15, 0.2) is 0 Å². The Morgan fingerprint density at radius 3 is 2.14 bits per heavy atom. The Balaban J connectivity index is 2.51. The minimum Gasteiger partial charge on any atom is -0.347 e. The number of hydrogen-bond acceptors (Lipinski definition) is 4. The Kier molecular flexibility index (Phi) is 5.97. The molecule has 122 valence electrons. The molecule has 0 aromatic carbocycles. The molecule has 1 atom stereocenters. The van der Waals surface area contributed by atoms with E-state index in [4.69, 9.17) is 0 Å². The van der Waals surface area contributed by atoms with Crippen molar-refractivity contribution in [3.8, 4) is 0 Å². The predicted molar refractivity (Wildman–Crippen MR) is 79.3 cm³/mol. The molecule has 0 unspecified atom stereocenters. The quantitative estimate of drug-likeness (QED) is 0.730. The lowest BCUT2D eigenvalue weighted by atomic mass is 10.3. The maximum Gasteiger partial charge on any atom is 0.318 e. The molecule has 3 amide bonds. The molecule has 1 N–H and O–H groups in total. The van der Waals surface area contributed by atoms with E-state index in [0.717, 1.165) is 0 Å². The molecule has 1 aliphatic rings. The highest BCUT2D eigenvalue weighted by Crippen LogP contribution is 2.08. The Morgan fingerprint density at radius 1 is 1.19 bits per heavy atom. The number of urea groups is 1. The molecule has 0 aromatic heterocycles. The third kappa shape index (κ3) is 4.57. The maximum atomic E-state index is 12.0. The first-order valence-corrected chi connectivity index (χ1v) is 8.54. The van der Waals surface area contributed by atoms with E-state index in [1.54, 1.807) is 27.9 Å². The smallest absolute Gasteiger partial charge is 0.318 e. The number of sulfonamides is 1. The molecule has 1 heterocycles. The van der Waals surface area contributed by atoms with Gasteiger partial charge in [0.1, 0.15) is 6.04 Å². The van der Waals surface area contributed by atoms with Gasteiger partial charge >= 0.3 is 6.03 Å². The van der Waals surface area contributed by atoms with Gasteiger partial charge in [0.25, 0.3) is 0 Å². The highest BCUT2D eigenvalue weighted by atomic mass is 32.2. The molecule has 0 radical (unpaired) electrons. The number of likely N-dealkylation sites (N-methyl/N-ethyl adjacent to an activating group) is 1. The van der Waals surface area contributed by atoms with Crippen molar-refractivity contribution < 1.29 is 18.0 Å². The van der Waals surface area contributed by atoms with Crippen LogP contribution in [-0.4, -0.2) is 86.5 Å². The van der Waals surface area contributed by atoms with Crippen LogP contribution in [0.1, 0.15) is 13.8 Å². The highest BCUT2D eigenvalue weighted by Gasteiger charge is 2.28. The van der Waals surface area contributed by atoms with Gasteiger partial charge in [0.2, 0.25) is 15.9 Å². The van der Waals surface area contributed by atoms with Gasteiger partial charge in [-0.15, -0.1) is 0 Å². The lowest BCUT2D eigenvalue weighted by molar-refractivity contribution is -0.130. The summed E-state index contributed by atoms with van der Waals surface area (Å²) >= 11 is 0. The van der Waals surface area contributed by atoms with Gasteiger partial charge in [-0.05, 0) is 13.8 Å². The van der Waals surface area contributed by atoms with Crippen molar-refractivity contribution >= 4 is 22.0 Å². The zero-order valence-electron chi connectivity index (χ0n) is 13.0. The van der Waals surface area contributed by atoms with Crippen LogP contribution in [0.3, 0.4) is 0 Å². The van der Waals surface area contributed by atoms with Gasteiger partial charge in [-0.3, -0.25) is 4.79 Å². The van der Waals surface area contributed by atoms with Gasteiger partial charge in [-0.25, -0.2) is 13.2 Å². The lowest BCUT2D eigenvalue weighted by Gasteiger charge is -2.34. The van der Waals surface area contributed by atoms with Gasteiger partial charge in [0, 0.05) is 40.3 Å². The summed E-state index contributed by atoms with van der Waals surface area (Å²) in [5.74, 6) is -0.122. The van der Waals surface area contributed by atoms with E-state index in [-0.39, 0.29) is 17.7 Å². The van der Waals surface area contributed by atoms with Crippen LogP contribution in [-0.2, 0) is 14.8 Å². The number of rotatable bonds is 4. The number of hydrogen-bond donors (Lipinski definition) is 1. The third-order valence-electron chi connectivity index (χ3n) is 3.44. The number of nitrogens with one attached hydrogen (secondary N) is 1. The van der Waals surface area contributed by atoms with Gasteiger partial charge < -0.3 is 15.1 Å². The molecule has 1 rings (SSSR count). The number of amides is 3. The fourth-order valence-corrected chi connectivity index (χ4v) is 3.16. The Hall–Kier alpha value is -1.35. The summed E-state index contributed by atoms with van der Waals surface area (Å²) in [5.41, 5.74) is 0. The molecule has 21 heavy (non-hydrogen) atoms. The van der Waals surface area contributed by atoms with E-state index in [1.807, 2.05) is 0 Å². The SMILES string of the molecule is CCS(=O)(=O)N1CCN(C(=O)N[C@@H](C)C(=O)N(C)C)CC1. The van der Waals surface area contributed by atoms with Crippen LogP contribution < -0.4 is 5.32 Å². The second-order valence-electron chi connectivity index (χ2n) is 5.19. The van der Waals surface area contributed by atoms with Crippen molar-refractivity contribution in [3.63, 3.8) is 0 Å². The summed E-state index contributed by atoms with van der Waals surface area (Å²) in [6, 6.07) is -0.948. The van der Waals surface area contributed by atoms with Crippen molar-refractivity contribution in [3.05, 3.63) is 0 Å². The minimum atomic E-state index is -3.20. The average molecular weight is 320 g/mol. The monoisotopic (exact) mass is 320 g/mol. The van der Waals surface area contributed by atoms with Gasteiger partial charge in [-0.1, -0.05) is 0 Å². The standard InChI is InChI=1S/C12H24N4O4S/c1-5-21(19,20)16-8-6-15(7-9-16)12(18)13-10(2)11(17)14(3)4/h10H,5-9H2,1-4H3,(H,13,18)/t10-/m0/s1. The second-order valence-corrected chi connectivity index (χ2v) is 7.45. The van der Waals surface area contributed by atoms with Gasteiger partial charge in [0.05, 0.1) is 5.75 Å². The van der Waals surface area contributed by atoms with E-state index in [0.29, 0.717) is 26.2 Å². The van der Waals surface area contributed by atoms with Gasteiger partial charge in [0.15, 0.2) is 0 Å². The molecule has 9 heteroatoms. The van der Waals surface area contributed by atoms with Crippen molar-refractivity contribution in [2.24, 2.45) is 0 Å². The molecule has 1 saturated heterocycles. The van der Waals surface area contributed by atoms with Crippen LogP contribution in [0.2, 0.25) is 0 Å². The molecule has 0 spiro atoms. The molecule has 0 bridgehead atoms. The van der Waals surface area contributed by atoms with Gasteiger partial charge in [-0.2, -0.15) is 4.31 Å². The Morgan fingerprint density at radius 2 is 1.71 bits per heavy atom. The second kappa shape index (κ2) is 7.08. The van der Waals surface area contributed by atoms with Crippen molar-refractivity contribution in [2.45, 2.75) is 19.9 Å². The molecule has 0 aromatic rings. The fourth-order valence-electron chi connectivity index (χ4n) is 2.08. The summed E-state index contributed by atoms with van der Waals surface area (Å²) in [6.45, 7) is 4.46.